The third-order valence-electron chi connectivity index (χ3n) is 2.46. The van der Waals surface area contributed by atoms with Crippen molar-refractivity contribution in [2.45, 2.75) is 6.42 Å². The van der Waals surface area contributed by atoms with E-state index in [0.29, 0.717) is 0 Å². The van der Waals surface area contributed by atoms with Gasteiger partial charge in [-0.2, -0.15) is 0 Å². The molecule has 18 heavy (non-hydrogen) atoms. The fraction of sp³-hybridized carbons (Fsp3) is 0.154. The van der Waals surface area contributed by atoms with Crippen molar-refractivity contribution >= 4 is 17.4 Å². The third-order valence-corrected chi connectivity index (χ3v) is 2.67. The quantitative estimate of drug-likeness (QED) is 0.797. The first-order valence-corrected chi connectivity index (χ1v) is 5.59. The Morgan fingerprint density at radius 2 is 2.17 bits per heavy atom. The van der Waals surface area contributed by atoms with Gasteiger partial charge < -0.3 is 9.15 Å². The standard InChI is InChI=1S/C13H10ClFO3/c1-17-11-4-2-3-8(13(11)15)7-9(16)10-5-6-12(14)18-10/h2-6H,7H2,1H3. The van der Waals surface area contributed by atoms with E-state index >= 15 is 0 Å². The summed E-state index contributed by atoms with van der Waals surface area (Å²) in [5.74, 6) is -0.653. The first kappa shape index (κ1) is 12.6. The number of halogens is 2. The molecule has 0 fully saturated rings. The van der Waals surface area contributed by atoms with Crippen LogP contribution in [0.5, 0.6) is 5.75 Å². The lowest BCUT2D eigenvalue weighted by Gasteiger charge is -2.05. The summed E-state index contributed by atoms with van der Waals surface area (Å²) >= 11 is 5.57. The molecule has 0 radical (unpaired) electrons. The molecule has 3 nitrogen and oxygen atoms in total. The van der Waals surface area contributed by atoms with Crippen molar-refractivity contribution in [1.82, 2.24) is 0 Å². The molecule has 1 aromatic heterocycles. The average Bonchev–Trinajstić information content (AvgIpc) is 2.78. The van der Waals surface area contributed by atoms with Gasteiger partial charge in [0.15, 0.2) is 22.5 Å². The van der Waals surface area contributed by atoms with Crippen molar-refractivity contribution in [3.63, 3.8) is 0 Å². The Bertz CT molecular complexity index is 577. The monoisotopic (exact) mass is 268 g/mol. The van der Waals surface area contributed by atoms with Gasteiger partial charge in [0.05, 0.1) is 7.11 Å². The predicted molar refractivity (Wildman–Crippen MR) is 64.7 cm³/mol. The minimum atomic E-state index is -0.536. The van der Waals surface area contributed by atoms with Gasteiger partial charge in [0, 0.05) is 6.42 Å². The molecule has 0 aliphatic rings. The van der Waals surface area contributed by atoms with Crippen LogP contribution in [0.3, 0.4) is 0 Å². The summed E-state index contributed by atoms with van der Waals surface area (Å²) in [4.78, 5) is 11.8. The molecule has 94 valence electrons. The number of hydrogen-bond acceptors (Lipinski definition) is 3. The van der Waals surface area contributed by atoms with Crippen LogP contribution < -0.4 is 4.74 Å². The molecule has 0 amide bonds. The van der Waals surface area contributed by atoms with Crippen LogP contribution in [0.2, 0.25) is 5.22 Å². The second kappa shape index (κ2) is 5.23. The van der Waals surface area contributed by atoms with E-state index in [1.807, 2.05) is 0 Å². The second-order valence-electron chi connectivity index (χ2n) is 3.64. The smallest absolute Gasteiger partial charge is 0.202 e. The number of methoxy groups -OCH3 is 1. The van der Waals surface area contributed by atoms with E-state index < -0.39 is 5.82 Å². The van der Waals surface area contributed by atoms with Crippen LogP contribution in [0.1, 0.15) is 16.1 Å². The zero-order valence-electron chi connectivity index (χ0n) is 9.57. The van der Waals surface area contributed by atoms with Crippen LogP contribution in [0.15, 0.2) is 34.7 Å². The summed E-state index contributed by atoms with van der Waals surface area (Å²) in [6.45, 7) is 0. The molecule has 0 bridgehead atoms. The van der Waals surface area contributed by atoms with Gasteiger partial charge in [-0.3, -0.25) is 4.79 Å². The molecule has 2 aromatic rings. The van der Waals surface area contributed by atoms with Crippen LogP contribution in [-0.2, 0) is 6.42 Å². The van der Waals surface area contributed by atoms with Crippen molar-refractivity contribution in [3.8, 4) is 5.75 Å². The van der Waals surface area contributed by atoms with E-state index in [1.54, 1.807) is 6.07 Å². The highest BCUT2D eigenvalue weighted by Gasteiger charge is 2.16. The Morgan fingerprint density at radius 1 is 1.39 bits per heavy atom. The number of Topliss-reactive ketones (excluding diaryl/α,β-unsaturated/α-hetero) is 1. The lowest BCUT2D eigenvalue weighted by atomic mass is 10.1. The van der Waals surface area contributed by atoms with Crippen molar-refractivity contribution in [2.75, 3.05) is 7.11 Å². The number of ketones is 1. The van der Waals surface area contributed by atoms with Crippen LogP contribution >= 0.6 is 11.6 Å². The average molecular weight is 269 g/mol. The lowest BCUT2D eigenvalue weighted by Crippen LogP contribution is -2.05. The summed E-state index contributed by atoms with van der Waals surface area (Å²) in [7, 11) is 1.37. The van der Waals surface area contributed by atoms with Gasteiger partial charge in [0.25, 0.3) is 0 Å². The molecule has 1 aromatic carbocycles. The Hall–Kier alpha value is -1.81. The Labute approximate surface area is 108 Å². The van der Waals surface area contributed by atoms with E-state index in [-0.39, 0.29) is 34.5 Å². The molecule has 0 unspecified atom stereocenters. The van der Waals surface area contributed by atoms with Crippen LogP contribution in [0.25, 0.3) is 0 Å². The van der Waals surface area contributed by atoms with Crippen molar-refractivity contribution in [1.29, 1.82) is 0 Å². The minimum absolute atomic E-state index is 0.104. The number of carbonyl (C=O) groups excluding carboxylic acids is 1. The van der Waals surface area contributed by atoms with E-state index in [1.165, 1.54) is 31.4 Å². The number of rotatable bonds is 4. The maximum absolute atomic E-state index is 13.8. The highest BCUT2D eigenvalue weighted by molar-refractivity contribution is 6.29. The normalized spacial score (nSPS) is 10.4. The topological polar surface area (TPSA) is 39.4 Å². The maximum Gasteiger partial charge on any atom is 0.202 e. The number of ether oxygens (including phenoxy) is 1. The number of furan rings is 1. The molecule has 0 aliphatic carbocycles. The summed E-state index contributed by atoms with van der Waals surface area (Å²) < 4.78 is 23.6. The predicted octanol–water partition coefficient (Wildman–Crippen LogP) is 3.51. The summed E-state index contributed by atoms with van der Waals surface area (Å²) in [6.07, 6.45) is -0.104. The van der Waals surface area contributed by atoms with E-state index in [9.17, 15) is 9.18 Å². The summed E-state index contributed by atoms with van der Waals surface area (Å²) in [6, 6.07) is 7.58. The molecule has 2 rings (SSSR count). The molecular formula is C13H10ClFO3. The molecule has 0 atom stereocenters. The fourth-order valence-corrected chi connectivity index (χ4v) is 1.72. The molecule has 0 saturated heterocycles. The van der Waals surface area contributed by atoms with Gasteiger partial charge in [-0.25, -0.2) is 4.39 Å². The molecule has 0 saturated carbocycles. The van der Waals surface area contributed by atoms with Crippen molar-refractivity contribution < 1.29 is 18.3 Å². The maximum atomic E-state index is 13.8. The zero-order chi connectivity index (χ0) is 13.1. The lowest BCUT2D eigenvalue weighted by molar-refractivity contribution is 0.0965. The molecule has 0 aliphatic heterocycles. The number of hydrogen-bond donors (Lipinski definition) is 0. The Morgan fingerprint density at radius 3 is 2.78 bits per heavy atom. The molecular weight excluding hydrogens is 259 g/mol. The van der Waals surface area contributed by atoms with Gasteiger partial charge in [-0.1, -0.05) is 12.1 Å². The van der Waals surface area contributed by atoms with Gasteiger partial charge in [0.1, 0.15) is 0 Å². The van der Waals surface area contributed by atoms with Crippen molar-refractivity contribution in [3.05, 3.63) is 52.7 Å². The molecule has 0 N–H and O–H groups in total. The fourth-order valence-electron chi connectivity index (χ4n) is 1.57. The largest absolute Gasteiger partial charge is 0.494 e. The SMILES string of the molecule is COc1cccc(CC(=O)c2ccc(Cl)o2)c1F. The molecule has 0 spiro atoms. The van der Waals surface area contributed by atoms with Crippen LogP contribution in [-0.4, -0.2) is 12.9 Å². The number of benzene rings is 1. The molecule has 5 heteroatoms. The van der Waals surface area contributed by atoms with Crippen LogP contribution in [0, 0.1) is 5.82 Å². The highest BCUT2D eigenvalue weighted by Crippen LogP contribution is 2.22. The second-order valence-corrected chi connectivity index (χ2v) is 4.01. The van der Waals surface area contributed by atoms with E-state index in [2.05, 4.69) is 0 Å². The van der Waals surface area contributed by atoms with E-state index in [0.717, 1.165) is 0 Å². The van der Waals surface area contributed by atoms with Gasteiger partial charge in [0.2, 0.25) is 5.78 Å². The van der Waals surface area contributed by atoms with E-state index in [4.69, 9.17) is 20.8 Å². The first-order valence-electron chi connectivity index (χ1n) is 5.21. The van der Waals surface area contributed by atoms with Gasteiger partial charge >= 0.3 is 0 Å². The first-order chi connectivity index (χ1) is 8.61. The van der Waals surface area contributed by atoms with Crippen molar-refractivity contribution in [2.24, 2.45) is 0 Å². The third kappa shape index (κ3) is 2.54. The summed E-state index contributed by atoms with van der Waals surface area (Å²) in [5, 5.41) is 0.129. The number of carbonyl (C=O) groups is 1. The summed E-state index contributed by atoms with van der Waals surface area (Å²) in [5.41, 5.74) is 0.256. The van der Waals surface area contributed by atoms with Gasteiger partial charge in [-0.15, -0.1) is 0 Å². The zero-order valence-corrected chi connectivity index (χ0v) is 10.3. The highest BCUT2D eigenvalue weighted by atomic mass is 35.5. The van der Waals surface area contributed by atoms with Crippen LogP contribution in [0.4, 0.5) is 4.39 Å². The van der Waals surface area contributed by atoms with Gasteiger partial charge in [-0.05, 0) is 35.4 Å². The molecule has 1 heterocycles. The minimum Gasteiger partial charge on any atom is -0.494 e. The Kier molecular flexibility index (Phi) is 3.67. The Balaban J connectivity index is 2.22.